The Morgan fingerprint density at radius 2 is 1.76 bits per heavy atom. The van der Waals surface area contributed by atoms with Crippen LogP contribution in [-0.2, 0) is 4.79 Å². The lowest BCUT2D eigenvalue weighted by atomic mass is 10.1. The first kappa shape index (κ1) is 18.9. The minimum atomic E-state index is -0.316. The molecule has 2 rings (SSSR count). The van der Waals surface area contributed by atoms with Crippen molar-refractivity contribution in [1.29, 1.82) is 0 Å². The first-order chi connectivity index (χ1) is 11.9. The van der Waals surface area contributed by atoms with Crippen molar-refractivity contribution in [3.05, 3.63) is 58.6 Å². The highest BCUT2D eigenvalue weighted by Gasteiger charge is 2.10. The van der Waals surface area contributed by atoms with Gasteiger partial charge in [-0.1, -0.05) is 36.2 Å². The van der Waals surface area contributed by atoms with Gasteiger partial charge in [0.05, 0.1) is 10.7 Å². The number of hydrogen-bond acceptors (Lipinski definition) is 3. The summed E-state index contributed by atoms with van der Waals surface area (Å²) in [6.45, 7) is 3.71. The molecule has 5 nitrogen and oxygen atoms in total. The van der Waals surface area contributed by atoms with E-state index in [4.69, 9.17) is 23.8 Å². The summed E-state index contributed by atoms with van der Waals surface area (Å²) in [5, 5.41) is 8.74. The molecule has 25 heavy (non-hydrogen) atoms. The normalized spacial score (nSPS) is 10.0. The SMILES string of the molecule is CCC(=O)Nc1ccc(Cl)c(NC(=S)NC(=O)c2ccc(C)cc2)c1. The van der Waals surface area contributed by atoms with E-state index >= 15 is 0 Å². The number of anilines is 2. The van der Waals surface area contributed by atoms with Gasteiger partial charge in [-0.15, -0.1) is 0 Å². The van der Waals surface area contributed by atoms with Crippen LogP contribution in [0.2, 0.25) is 5.02 Å². The topological polar surface area (TPSA) is 70.2 Å². The van der Waals surface area contributed by atoms with Gasteiger partial charge in [0.15, 0.2) is 5.11 Å². The molecule has 3 N–H and O–H groups in total. The maximum absolute atomic E-state index is 12.2. The molecule has 0 aromatic heterocycles. The molecule has 0 atom stereocenters. The number of thiocarbonyl (C=S) groups is 1. The number of rotatable bonds is 4. The van der Waals surface area contributed by atoms with Crippen LogP contribution < -0.4 is 16.0 Å². The van der Waals surface area contributed by atoms with Crippen molar-refractivity contribution in [2.45, 2.75) is 20.3 Å². The summed E-state index contributed by atoms with van der Waals surface area (Å²) in [5.41, 5.74) is 2.65. The minimum absolute atomic E-state index is 0.108. The average Bonchev–Trinajstić information content (AvgIpc) is 2.58. The molecule has 0 spiro atoms. The lowest BCUT2D eigenvalue weighted by Gasteiger charge is -2.13. The van der Waals surface area contributed by atoms with Crippen LogP contribution >= 0.6 is 23.8 Å². The van der Waals surface area contributed by atoms with Gasteiger partial charge in [0.25, 0.3) is 5.91 Å². The second kappa shape index (κ2) is 8.60. The van der Waals surface area contributed by atoms with Crippen molar-refractivity contribution in [2.75, 3.05) is 10.6 Å². The molecule has 2 aromatic carbocycles. The van der Waals surface area contributed by atoms with Gasteiger partial charge in [-0.2, -0.15) is 0 Å². The summed E-state index contributed by atoms with van der Waals surface area (Å²) in [6.07, 6.45) is 0.371. The van der Waals surface area contributed by atoms with E-state index in [1.165, 1.54) is 0 Å². The first-order valence-corrected chi connectivity index (χ1v) is 8.46. The summed E-state index contributed by atoms with van der Waals surface area (Å²) in [6, 6.07) is 12.1. The summed E-state index contributed by atoms with van der Waals surface area (Å²) in [7, 11) is 0. The van der Waals surface area contributed by atoms with Crippen LogP contribution in [0.25, 0.3) is 0 Å². The molecule has 0 aliphatic heterocycles. The third kappa shape index (κ3) is 5.55. The molecule has 0 aliphatic rings. The van der Waals surface area contributed by atoms with E-state index in [0.29, 0.717) is 28.4 Å². The van der Waals surface area contributed by atoms with Crippen LogP contribution in [0.1, 0.15) is 29.3 Å². The number of benzene rings is 2. The Labute approximate surface area is 156 Å². The molecule has 0 fully saturated rings. The van der Waals surface area contributed by atoms with Crippen molar-refractivity contribution in [1.82, 2.24) is 5.32 Å². The molecule has 0 saturated heterocycles. The Bertz CT molecular complexity index is 806. The van der Waals surface area contributed by atoms with Crippen molar-refractivity contribution in [3.63, 3.8) is 0 Å². The third-order valence-electron chi connectivity index (χ3n) is 3.36. The highest BCUT2D eigenvalue weighted by atomic mass is 35.5. The van der Waals surface area contributed by atoms with Gasteiger partial charge in [-0.05, 0) is 49.5 Å². The smallest absolute Gasteiger partial charge is 0.257 e. The van der Waals surface area contributed by atoms with Gasteiger partial charge < -0.3 is 10.6 Å². The molecule has 0 radical (unpaired) electrons. The number of nitrogens with one attached hydrogen (secondary N) is 3. The maximum Gasteiger partial charge on any atom is 0.257 e. The molecule has 130 valence electrons. The quantitative estimate of drug-likeness (QED) is 0.703. The van der Waals surface area contributed by atoms with Crippen molar-refractivity contribution in [3.8, 4) is 0 Å². The lowest BCUT2D eigenvalue weighted by Crippen LogP contribution is -2.34. The number of amides is 2. The van der Waals surface area contributed by atoms with E-state index in [0.717, 1.165) is 5.56 Å². The average molecular weight is 376 g/mol. The van der Waals surface area contributed by atoms with E-state index in [1.807, 2.05) is 19.1 Å². The molecule has 0 heterocycles. The second-order valence-electron chi connectivity index (χ2n) is 5.37. The van der Waals surface area contributed by atoms with Gasteiger partial charge >= 0.3 is 0 Å². The van der Waals surface area contributed by atoms with Gasteiger partial charge in [0.1, 0.15) is 0 Å². The molecular formula is C18H18ClN3O2S. The molecule has 2 aromatic rings. The van der Waals surface area contributed by atoms with Gasteiger partial charge in [0, 0.05) is 17.7 Å². The zero-order valence-corrected chi connectivity index (χ0v) is 15.4. The van der Waals surface area contributed by atoms with Crippen LogP contribution in [0, 0.1) is 6.92 Å². The predicted molar refractivity (Wildman–Crippen MR) is 105 cm³/mol. The van der Waals surface area contributed by atoms with Gasteiger partial charge in [-0.3, -0.25) is 14.9 Å². The van der Waals surface area contributed by atoms with E-state index in [9.17, 15) is 9.59 Å². The summed E-state index contributed by atoms with van der Waals surface area (Å²) in [5.74, 6) is -0.424. The molecular weight excluding hydrogens is 358 g/mol. The highest BCUT2D eigenvalue weighted by Crippen LogP contribution is 2.25. The fraction of sp³-hybridized carbons (Fsp3) is 0.167. The number of hydrogen-bond donors (Lipinski definition) is 3. The molecule has 0 bridgehead atoms. The van der Waals surface area contributed by atoms with E-state index < -0.39 is 0 Å². The summed E-state index contributed by atoms with van der Waals surface area (Å²) >= 11 is 11.3. The predicted octanol–water partition coefficient (Wildman–Crippen LogP) is 4.12. The Morgan fingerprint density at radius 1 is 1.08 bits per heavy atom. The zero-order chi connectivity index (χ0) is 18.4. The largest absolute Gasteiger partial charge is 0.331 e. The molecule has 0 unspecified atom stereocenters. The number of carbonyl (C=O) groups excluding carboxylic acids is 2. The van der Waals surface area contributed by atoms with Crippen LogP contribution in [0.5, 0.6) is 0 Å². The number of halogens is 1. The monoisotopic (exact) mass is 375 g/mol. The van der Waals surface area contributed by atoms with E-state index in [1.54, 1.807) is 37.3 Å². The van der Waals surface area contributed by atoms with Crippen LogP contribution in [0.15, 0.2) is 42.5 Å². The third-order valence-corrected chi connectivity index (χ3v) is 3.89. The van der Waals surface area contributed by atoms with Crippen LogP contribution in [-0.4, -0.2) is 16.9 Å². The van der Waals surface area contributed by atoms with Crippen molar-refractivity contribution in [2.24, 2.45) is 0 Å². The fourth-order valence-corrected chi connectivity index (χ4v) is 2.35. The zero-order valence-electron chi connectivity index (χ0n) is 13.9. The Kier molecular flexibility index (Phi) is 6.50. The maximum atomic E-state index is 12.2. The van der Waals surface area contributed by atoms with Crippen molar-refractivity contribution >= 4 is 52.1 Å². The molecule has 0 saturated carbocycles. The Hall–Kier alpha value is -2.44. The molecule has 0 aliphatic carbocycles. The second-order valence-corrected chi connectivity index (χ2v) is 6.19. The standard InChI is InChI=1S/C18H18ClN3O2S/c1-3-16(23)20-13-8-9-14(19)15(10-13)21-18(25)22-17(24)12-6-4-11(2)5-7-12/h4-10H,3H2,1-2H3,(H,20,23)(H2,21,22,24,25). The summed E-state index contributed by atoms with van der Waals surface area (Å²) in [4.78, 5) is 23.6. The fourth-order valence-electron chi connectivity index (χ4n) is 1.98. The Balaban J connectivity index is 2.04. The minimum Gasteiger partial charge on any atom is -0.331 e. The molecule has 7 heteroatoms. The first-order valence-electron chi connectivity index (χ1n) is 7.67. The molecule has 2 amide bonds. The lowest BCUT2D eigenvalue weighted by molar-refractivity contribution is -0.115. The van der Waals surface area contributed by atoms with Gasteiger partial charge in [0.2, 0.25) is 5.91 Å². The van der Waals surface area contributed by atoms with E-state index in [2.05, 4.69) is 16.0 Å². The van der Waals surface area contributed by atoms with Crippen LogP contribution in [0.3, 0.4) is 0 Å². The van der Waals surface area contributed by atoms with Gasteiger partial charge in [-0.25, -0.2) is 0 Å². The Morgan fingerprint density at radius 3 is 2.40 bits per heavy atom. The van der Waals surface area contributed by atoms with E-state index in [-0.39, 0.29) is 16.9 Å². The van der Waals surface area contributed by atoms with Crippen LogP contribution in [0.4, 0.5) is 11.4 Å². The highest BCUT2D eigenvalue weighted by molar-refractivity contribution is 7.80. The number of aryl methyl sites for hydroxylation is 1. The summed E-state index contributed by atoms with van der Waals surface area (Å²) < 4.78 is 0. The van der Waals surface area contributed by atoms with Crippen molar-refractivity contribution < 1.29 is 9.59 Å². The number of carbonyl (C=O) groups is 2.